The first-order valence-electron chi connectivity index (χ1n) is 6.20. The second-order valence-electron chi connectivity index (χ2n) is 4.42. The second-order valence-corrected chi connectivity index (χ2v) is 6.19. The molecule has 0 spiro atoms. The van der Waals surface area contributed by atoms with Gasteiger partial charge in [-0.05, 0) is 41.9 Å². The van der Waals surface area contributed by atoms with E-state index in [0.29, 0.717) is 22.1 Å². The molecule has 6 nitrogen and oxygen atoms in total. The highest BCUT2D eigenvalue weighted by Crippen LogP contribution is 2.30. The summed E-state index contributed by atoms with van der Waals surface area (Å²) in [5.41, 5.74) is 0.192. The molecule has 0 aliphatic carbocycles. The van der Waals surface area contributed by atoms with E-state index >= 15 is 0 Å². The summed E-state index contributed by atoms with van der Waals surface area (Å²) in [5.74, 6) is -1.13. The smallest absolute Gasteiger partial charge is 0.337 e. The average Bonchev–Trinajstić information content (AvgIpc) is 2.37. The van der Waals surface area contributed by atoms with E-state index in [1.807, 2.05) is 13.8 Å². The van der Waals surface area contributed by atoms with E-state index in [1.165, 1.54) is 6.07 Å². The molecule has 8 heteroatoms. The summed E-state index contributed by atoms with van der Waals surface area (Å²) in [7, 11) is 0. The Morgan fingerprint density at radius 1 is 1.33 bits per heavy atom. The molecule has 0 aliphatic rings. The third-order valence-electron chi connectivity index (χ3n) is 2.36. The van der Waals surface area contributed by atoms with Crippen LogP contribution in [0.5, 0.6) is 0 Å². The number of benzene rings is 1. The first-order chi connectivity index (χ1) is 9.81. The lowest BCUT2D eigenvalue weighted by Crippen LogP contribution is -2.32. The summed E-state index contributed by atoms with van der Waals surface area (Å²) in [6.07, 6.45) is 0.0918. The summed E-state index contributed by atoms with van der Waals surface area (Å²) in [6, 6.07) is 2.59. The van der Waals surface area contributed by atoms with Crippen molar-refractivity contribution >= 4 is 49.5 Å². The quantitative estimate of drug-likeness (QED) is 0.611. The fraction of sp³-hybridized carbons (Fsp3) is 0.385. The Kier molecular flexibility index (Phi) is 7.13. The van der Waals surface area contributed by atoms with Crippen LogP contribution in [0.15, 0.2) is 21.1 Å². The Balaban J connectivity index is 2.70. The number of hydrogen-bond donors (Lipinski definition) is 3. The van der Waals surface area contributed by atoms with E-state index in [9.17, 15) is 9.59 Å². The van der Waals surface area contributed by atoms with Crippen LogP contribution in [0.2, 0.25) is 0 Å². The van der Waals surface area contributed by atoms with E-state index < -0.39 is 12.0 Å². The number of urea groups is 1. The predicted octanol–water partition coefficient (Wildman–Crippen LogP) is 3.46. The first-order valence-corrected chi connectivity index (χ1v) is 7.78. The van der Waals surface area contributed by atoms with Crippen molar-refractivity contribution in [1.82, 2.24) is 5.32 Å². The molecule has 0 heterocycles. The molecule has 21 heavy (non-hydrogen) atoms. The van der Waals surface area contributed by atoms with Gasteiger partial charge in [0, 0.05) is 15.5 Å². The lowest BCUT2D eigenvalue weighted by atomic mass is 10.2. The van der Waals surface area contributed by atoms with Gasteiger partial charge in [-0.1, -0.05) is 15.9 Å². The summed E-state index contributed by atoms with van der Waals surface area (Å²) in [4.78, 5) is 23.0. The SMILES string of the molecule is CC(C)OCCNC(=O)Nc1c(Br)cc(Br)cc1C(=O)O. The highest BCUT2D eigenvalue weighted by Gasteiger charge is 2.16. The van der Waals surface area contributed by atoms with Crippen LogP contribution in [0.3, 0.4) is 0 Å². The summed E-state index contributed by atoms with van der Waals surface area (Å²) in [5, 5.41) is 14.3. The van der Waals surface area contributed by atoms with Crippen LogP contribution in [0, 0.1) is 0 Å². The Hall–Kier alpha value is -1.12. The zero-order chi connectivity index (χ0) is 16.0. The molecule has 0 fully saturated rings. The van der Waals surface area contributed by atoms with E-state index in [0.717, 1.165) is 0 Å². The van der Waals surface area contributed by atoms with Crippen molar-refractivity contribution in [2.45, 2.75) is 20.0 Å². The van der Waals surface area contributed by atoms with Crippen LogP contribution < -0.4 is 10.6 Å². The number of nitrogens with one attached hydrogen (secondary N) is 2. The average molecular weight is 424 g/mol. The number of hydrogen-bond acceptors (Lipinski definition) is 3. The summed E-state index contributed by atoms with van der Waals surface area (Å²) in [6.45, 7) is 4.52. The van der Waals surface area contributed by atoms with Gasteiger partial charge < -0.3 is 20.5 Å². The first kappa shape index (κ1) is 17.9. The Morgan fingerprint density at radius 2 is 2.00 bits per heavy atom. The largest absolute Gasteiger partial charge is 0.478 e. The molecular weight excluding hydrogens is 408 g/mol. The maximum Gasteiger partial charge on any atom is 0.337 e. The Labute approximate surface area is 139 Å². The Bertz CT molecular complexity index is 535. The molecule has 1 rings (SSSR count). The topological polar surface area (TPSA) is 87.7 Å². The lowest BCUT2D eigenvalue weighted by molar-refractivity contribution is 0.0697. The summed E-state index contributed by atoms with van der Waals surface area (Å²) >= 11 is 6.44. The van der Waals surface area contributed by atoms with Gasteiger partial charge >= 0.3 is 12.0 Å². The fourth-order valence-corrected chi connectivity index (χ4v) is 2.81. The molecule has 0 radical (unpaired) electrons. The van der Waals surface area contributed by atoms with Gasteiger partial charge in [0.25, 0.3) is 0 Å². The molecule has 0 aromatic heterocycles. The van der Waals surface area contributed by atoms with E-state index in [1.54, 1.807) is 6.07 Å². The number of ether oxygens (including phenoxy) is 1. The van der Waals surface area contributed by atoms with Crippen LogP contribution >= 0.6 is 31.9 Å². The standard InChI is InChI=1S/C13H16Br2N2O4/c1-7(2)21-4-3-16-13(20)17-11-9(12(18)19)5-8(14)6-10(11)15/h5-7H,3-4H2,1-2H3,(H,18,19)(H2,16,17,20). The van der Waals surface area contributed by atoms with Gasteiger partial charge in [-0.25, -0.2) is 9.59 Å². The molecule has 1 aromatic carbocycles. The van der Waals surface area contributed by atoms with Gasteiger partial charge in [0.2, 0.25) is 0 Å². The highest BCUT2D eigenvalue weighted by molar-refractivity contribution is 9.11. The van der Waals surface area contributed by atoms with Gasteiger partial charge in [-0.15, -0.1) is 0 Å². The molecule has 0 saturated heterocycles. The molecular formula is C13H16Br2N2O4. The maximum absolute atomic E-state index is 11.8. The lowest BCUT2D eigenvalue weighted by Gasteiger charge is -2.13. The third kappa shape index (κ3) is 6.03. The van der Waals surface area contributed by atoms with Gasteiger partial charge in [0.15, 0.2) is 0 Å². The monoisotopic (exact) mass is 422 g/mol. The van der Waals surface area contributed by atoms with Crippen LogP contribution in [-0.4, -0.2) is 36.4 Å². The molecule has 2 amide bonds. The second kappa shape index (κ2) is 8.35. The number of amides is 2. The fourth-order valence-electron chi connectivity index (χ4n) is 1.49. The highest BCUT2D eigenvalue weighted by atomic mass is 79.9. The molecule has 0 bridgehead atoms. The molecule has 3 N–H and O–H groups in total. The van der Waals surface area contributed by atoms with Gasteiger partial charge in [-0.3, -0.25) is 0 Å². The van der Waals surface area contributed by atoms with Gasteiger partial charge in [-0.2, -0.15) is 0 Å². The number of anilines is 1. The summed E-state index contributed by atoms with van der Waals surface area (Å²) < 4.78 is 6.37. The predicted molar refractivity (Wildman–Crippen MR) is 86.9 cm³/mol. The molecule has 0 atom stereocenters. The third-order valence-corrected chi connectivity index (χ3v) is 3.45. The molecule has 116 valence electrons. The van der Waals surface area contributed by atoms with Gasteiger partial charge in [0.1, 0.15) is 0 Å². The van der Waals surface area contributed by atoms with Crippen molar-refractivity contribution in [3.05, 3.63) is 26.6 Å². The van der Waals surface area contributed by atoms with Crippen molar-refractivity contribution < 1.29 is 19.4 Å². The van der Waals surface area contributed by atoms with E-state index in [-0.39, 0.29) is 17.4 Å². The molecule has 0 aliphatic heterocycles. The number of rotatable bonds is 6. The minimum Gasteiger partial charge on any atom is -0.478 e. The number of carbonyl (C=O) groups is 2. The normalized spacial score (nSPS) is 10.5. The van der Waals surface area contributed by atoms with E-state index in [4.69, 9.17) is 9.84 Å². The van der Waals surface area contributed by atoms with Crippen LogP contribution in [0.4, 0.5) is 10.5 Å². The van der Waals surface area contributed by atoms with Crippen molar-refractivity contribution in [3.8, 4) is 0 Å². The Morgan fingerprint density at radius 3 is 2.57 bits per heavy atom. The number of aromatic carboxylic acids is 1. The number of carboxylic acids is 1. The molecule has 0 saturated carbocycles. The van der Waals surface area contributed by atoms with E-state index in [2.05, 4.69) is 42.5 Å². The van der Waals surface area contributed by atoms with Crippen molar-refractivity contribution in [2.24, 2.45) is 0 Å². The maximum atomic E-state index is 11.8. The van der Waals surface area contributed by atoms with Crippen LogP contribution in [-0.2, 0) is 4.74 Å². The van der Waals surface area contributed by atoms with Crippen molar-refractivity contribution in [1.29, 1.82) is 0 Å². The van der Waals surface area contributed by atoms with Gasteiger partial charge in [0.05, 0.1) is 24.0 Å². The van der Waals surface area contributed by atoms with Crippen LogP contribution in [0.1, 0.15) is 24.2 Å². The van der Waals surface area contributed by atoms with Crippen molar-refractivity contribution in [2.75, 3.05) is 18.5 Å². The molecule has 1 aromatic rings. The van der Waals surface area contributed by atoms with Crippen molar-refractivity contribution in [3.63, 3.8) is 0 Å². The van der Waals surface area contributed by atoms with Crippen LogP contribution in [0.25, 0.3) is 0 Å². The minimum atomic E-state index is -1.13. The molecule has 0 unspecified atom stereocenters. The number of halogens is 2. The zero-order valence-electron chi connectivity index (χ0n) is 11.6. The minimum absolute atomic E-state index is 0.00942. The zero-order valence-corrected chi connectivity index (χ0v) is 14.7. The number of carbonyl (C=O) groups excluding carboxylic acids is 1. The number of carboxylic acid groups (broad SMARTS) is 1.